The summed E-state index contributed by atoms with van der Waals surface area (Å²) in [5, 5.41) is 0. The summed E-state index contributed by atoms with van der Waals surface area (Å²) in [6.07, 6.45) is 12.8. The maximum Gasteiger partial charge on any atom is 0.255 e. The normalized spacial score (nSPS) is 17.2. The topological polar surface area (TPSA) is 88.5 Å². The monoisotopic (exact) mass is 437 g/mol. The maximum absolute atomic E-state index is 12.8. The van der Waals surface area contributed by atoms with Gasteiger partial charge in [-0.05, 0) is 24.5 Å². The van der Waals surface area contributed by atoms with E-state index in [9.17, 15) is 9.59 Å². The number of rotatable bonds is 7. The molecule has 2 aliphatic rings. The van der Waals surface area contributed by atoms with Gasteiger partial charge in [0.1, 0.15) is 5.82 Å². The fourth-order valence-corrected chi connectivity index (χ4v) is 4.41. The first-order valence-electron chi connectivity index (χ1n) is 11.6. The zero-order valence-corrected chi connectivity index (χ0v) is 18.5. The number of carbonyl (C=O) groups is 2. The second-order valence-corrected chi connectivity index (χ2v) is 8.54. The average Bonchev–Trinajstić information content (AvgIpc) is 2.85. The molecule has 0 radical (unpaired) electrons. The van der Waals surface area contributed by atoms with Crippen LogP contribution in [0.25, 0.3) is 0 Å². The van der Waals surface area contributed by atoms with Crippen molar-refractivity contribution >= 4 is 11.8 Å². The zero-order chi connectivity index (χ0) is 22.2. The number of hydrogen-bond acceptors (Lipinski definition) is 6. The molecule has 1 aliphatic carbocycles. The van der Waals surface area contributed by atoms with Crippen molar-refractivity contribution in [3.8, 4) is 5.88 Å². The van der Waals surface area contributed by atoms with Crippen LogP contribution in [0.1, 0.15) is 54.7 Å². The fraction of sp³-hybridized carbons (Fsp3) is 0.542. The molecule has 8 nitrogen and oxygen atoms in total. The maximum atomic E-state index is 12.8. The standard InChI is InChI=1S/C24H31N5O3/c30-23(17-21-25-10-4-11-26-21)28-12-14-29(15-13-28)24(31)20-7-8-22(27-18-20)32-16-9-19-5-2-1-3-6-19/h4,7-8,10-11,18-19H,1-3,5-6,9,12-17H2. The smallest absolute Gasteiger partial charge is 0.255 e. The van der Waals surface area contributed by atoms with E-state index >= 15 is 0 Å². The molecule has 0 bridgehead atoms. The minimum atomic E-state index is -0.0650. The van der Waals surface area contributed by atoms with Gasteiger partial charge in [-0.15, -0.1) is 0 Å². The summed E-state index contributed by atoms with van der Waals surface area (Å²) >= 11 is 0. The van der Waals surface area contributed by atoms with Gasteiger partial charge in [0.15, 0.2) is 0 Å². The summed E-state index contributed by atoms with van der Waals surface area (Å²) in [5.41, 5.74) is 0.544. The van der Waals surface area contributed by atoms with Gasteiger partial charge in [-0.25, -0.2) is 15.0 Å². The summed E-state index contributed by atoms with van der Waals surface area (Å²) < 4.78 is 5.79. The van der Waals surface area contributed by atoms with Gasteiger partial charge in [-0.1, -0.05) is 32.1 Å². The summed E-state index contributed by atoms with van der Waals surface area (Å²) in [6.45, 7) is 2.69. The Morgan fingerprint density at radius 3 is 2.34 bits per heavy atom. The van der Waals surface area contributed by atoms with E-state index in [1.54, 1.807) is 46.6 Å². The first kappa shape index (κ1) is 22.2. The van der Waals surface area contributed by atoms with Gasteiger partial charge in [-0.2, -0.15) is 0 Å². The molecule has 1 saturated carbocycles. The molecule has 170 valence electrons. The van der Waals surface area contributed by atoms with Crippen LogP contribution in [0.2, 0.25) is 0 Å². The lowest BCUT2D eigenvalue weighted by Crippen LogP contribution is -2.51. The van der Waals surface area contributed by atoms with E-state index in [4.69, 9.17) is 4.74 Å². The quantitative estimate of drug-likeness (QED) is 0.662. The number of aromatic nitrogens is 3. The molecule has 32 heavy (non-hydrogen) atoms. The van der Waals surface area contributed by atoms with Crippen LogP contribution in [-0.2, 0) is 11.2 Å². The summed E-state index contributed by atoms with van der Waals surface area (Å²) in [4.78, 5) is 41.3. The number of carbonyl (C=O) groups excluding carboxylic acids is 2. The molecular weight excluding hydrogens is 406 g/mol. The number of amides is 2. The van der Waals surface area contributed by atoms with Gasteiger partial charge in [0, 0.05) is 50.8 Å². The van der Waals surface area contributed by atoms with Crippen molar-refractivity contribution in [3.63, 3.8) is 0 Å². The third-order valence-corrected chi connectivity index (χ3v) is 6.33. The molecule has 2 aromatic heterocycles. The molecule has 2 amide bonds. The minimum Gasteiger partial charge on any atom is -0.478 e. The van der Waals surface area contributed by atoms with Crippen LogP contribution in [0.15, 0.2) is 36.8 Å². The van der Waals surface area contributed by atoms with Crippen molar-refractivity contribution in [2.75, 3.05) is 32.8 Å². The van der Waals surface area contributed by atoms with E-state index in [-0.39, 0.29) is 18.2 Å². The van der Waals surface area contributed by atoms with Gasteiger partial charge in [0.05, 0.1) is 18.6 Å². The van der Waals surface area contributed by atoms with Crippen molar-refractivity contribution in [1.82, 2.24) is 24.8 Å². The summed E-state index contributed by atoms with van der Waals surface area (Å²) in [7, 11) is 0. The van der Waals surface area contributed by atoms with Crippen molar-refractivity contribution in [2.45, 2.75) is 44.9 Å². The average molecular weight is 438 g/mol. The van der Waals surface area contributed by atoms with Gasteiger partial charge in [-0.3, -0.25) is 9.59 Å². The molecular formula is C24H31N5O3. The predicted octanol–water partition coefficient (Wildman–Crippen LogP) is 2.75. The van der Waals surface area contributed by atoms with Crippen LogP contribution in [0.4, 0.5) is 0 Å². The lowest BCUT2D eigenvalue weighted by Gasteiger charge is -2.34. The Morgan fingerprint density at radius 1 is 0.938 bits per heavy atom. The lowest BCUT2D eigenvalue weighted by atomic mass is 9.87. The number of pyridine rings is 1. The highest BCUT2D eigenvalue weighted by atomic mass is 16.5. The Labute approximate surface area is 189 Å². The Bertz CT molecular complexity index is 876. The molecule has 8 heteroatoms. The first-order chi connectivity index (χ1) is 15.7. The number of nitrogens with zero attached hydrogens (tertiary/aromatic N) is 5. The Balaban J connectivity index is 1.21. The van der Waals surface area contributed by atoms with Crippen molar-refractivity contribution < 1.29 is 14.3 Å². The van der Waals surface area contributed by atoms with E-state index in [0.717, 1.165) is 12.3 Å². The van der Waals surface area contributed by atoms with Crippen molar-refractivity contribution in [2.24, 2.45) is 5.92 Å². The summed E-state index contributed by atoms with van der Waals surface area (Å²) in [6, 6.07) is 5.27. The summed E-state index contributed by atoms with van der Waals surface area (Å²) in [5.74, 6) is 1.78. The molecule has 0 N–H and O–H groups in total. The number of piperazine rings is 1. The Morgan fingerprint density at radius 2 is 1.66 bits per heavy atom. The van der Waals surface area contributed by atoms with Crippen LogP contribution in [0.3, 0.4) is 0 Å². The van der Waals surface area contributed by atoms with Crippen LogP contribution in [0.5, 0.6) is 5.88 Å². The zero-order valence-electron chi connectivity index (χ0n) is 18.5. The highest BCUT2D eigenvalue weighted by molar-refractivity contribution is 5.94. The molecule has 2 fully saturated rings. The van der Waals surface area contributed by atoms with E-state index in [1.807, 2.05) is 0 Å². The fourth-order valence-electron chi connectivity index (χ4n) is 4.41. The molecule has 0 aromatic carbocycles. The SMILES string of the molecule is O=C(Cc1ncccn1)N1CCN(C(=O)c2ccc(OCCC3CCCCC3)nc2)CC1. The number of hydrogen-bond donors (Lipinski definition) is 0. The van der Waals surface area contributed by atoms with E-state index < -0.39 is 0 Å². The molecule has 0 atom stereocenters. The van der Waals surface area contributed by atoms with E-state index in [1.165, 1.54) is 32.1 Å². The van der Waals surface area contributed by atoms with Crippen LogP contribution < -0.4 is 4.74 Å². The third kappa shape index (κ3) is 6.02. The van der Waals surface area contributed by atoms with Crippen LogP contribution >= 0.6 is 0 Å². The van der Waals surface area contributed by atoms with Crippen molar-refractivity contribution in [3.05, 3.63) is 48.2 Å². The van der Waals surface area contributed by atoms with Crippen LogP contribution in [-0.4, -0.2) is 69.4 Å². The predicted molar refractivity (Wildman–Crippen MR) is 119 cm³/mol. The minimum absolute atomic E-state index is 0.0142. The van der Waals surface area contributed by atoms with Crippen molar-refractivity contribution in [1.29, 1.82) is 0 Å². The van der Waals surface area contributed by atoms with Gasteiger partial charge < -0.3 is 14.5 Å². The molecule has 1 aliphatic heterocycles. The Hall–Kier alpha value is -3.03. The molecule has 3 heterocycles. The highest BCUT2D eigenvalue weighted by Gasteiger charge is 2.25. The van der Waals surface area contributed by atoms with E-state index in [2.05, 4.69) is 15.0 Å². The second-order valence-electron chi connectivity index (χ2n) is 8.54. The van der Waals surface area contributed by atoms with Crippen LogP contribution in [0, 0.1) is 5.92 Å². The second kappa shape index (κ2) is 11.0. The molecule has 0 unspecified atom stereocenters. The van der Waals surface area contributed by atoms with Gasteiger partial charge in [0.25, 0.3) is 5.91 Å². The molecule has 0 spiro atoms. The van der Waals surface area contributed by atoms with Gasteiger partial charge >= 0.3 is 0 Å². The largest absolute Gasteiger partial charge is 0.478 e. The van der Waals surface area contributed by atoms with E-state index in [0.29, 0.717) is 50.1 Å². The number of ether oxygens (including phenoxy) is 1. The molecule has 2 aromatic rings. The Kier molecular flexibility index (Phi) is 7.64. The first-order valence-corrected chi connectivity index (χ1v) is 11.6. The highest BCUT2D eigenvalue weighted by Crippen LogP contribution is 2.26. The third-order valence-electron chi connectivity index (χ3n) is 6.33. The lowest BCUT2D eigenvalue weighted by molar-refractivity contribution is -0.132. The molecule has 1 saturated heterocycles. The van der Waals surface area contributed by atoms with Gasteiger partial charge in [0.2, 0.25) is 11.8 Å². The molecule has 4 rings (SSSR count).